The summed E-state index contributed by atoms with van der Waals surface area (Å²) < 4.78 is 0. The number of carbonyl (C=O) groups is 1. The lowest BCUT2D eigenvalue weighted by Crippen LogP contribution is -2.29. The quantitative estimate of drug-likeness (QED) is 0.560. The van der Waals surface area contributed by atoms with Gasteiger partial charge in [0.05, 0.1) is 0 Å². The number of hydrogen-bond donors (Lipinski definition) is 0. The van der Waals surface area contributed by atoms with Crippen LogP contribution in [0.1, 0.15) is 44.9 Å². The Balaban J connectivity index is 1.59. The van der Waals surface area contributed by atoms with E-state index in [1.54, 1.807) is 0 Å². The molecular formula is C16H26N2O. The molecule has 0 aromatic heterocycles. The first-order valence-electron chi connectivity index (χ1n) is 7.76. The second-order valence-corrected chi connectivity index (χ2v) is 5.87. The third-order valence-corrected chi connectivity index (χ3v) is 4.30. The Morgan fingerprint density at radius 3 is 2.42 bits per heavy atom. The van der Waals surface area contributed by atoms with Crippen LogP contribution in [0.15, 0.2) is 0 Å². The lowest BCUT2D eigenvalue weighted by atomic mass is 10.1. The van der Waals surface area contributed by atoms with E-state index in [0.717, 1.165) is 19.5 Å². The molecule has 0 saturated carbocycles. The molecule has 2 heterocycles. The van der Waals surface area contributed by atoms with Gasteiger partial charge in [-0.15, -0.1) is 12.3 Å². The van der Waals surface area contributed by atoms with Crippen LogP contribution in [0.25, 0.3) is 0 Å². The molecule has 2 fully saturated rings. The molecular weight excluding hydrogens is 236 g/mol. The molecule has 2 saturated heterocycles. The van der Waals surface area contributed by atoms with Gasteiger partial charge in [-0.2, -0.15) is 0 Å². The second-order valence-electron chi connectivity index (χ2n) is 5.87. The second kappa shape index (κ2) is 7.55. The molecule has 0 aliphatic carbocycles. The van der Waals surface area contributed by atoms with E-state index in [9.17, 15) is 4.79 Å². The van der Waals surface area contributed by atoms with Crippen molar-refractivity contribution in [2.45, 2.75) is 44.9 Å². The molecule has 3 heteroatoms. The Morgan fingerprint density at radius 2 is 1.79 bits per heavy atom. The number of amides is 1. The van der Waals surface area contributed by atoms with Gasteiger partial charge in [0.25, 0.3) is 0 Å². The van der Waals surface area contributed by atoms with E-state index in [2.05, 4.69) is 10.8 Å². The molecule has 0 bridgehead atoms. The summed E-state index contributed by atoms with van der Waals surface area (Å²) in [6.07, 6.45) is 13.8. The maximum Gasteiger partial charge on any atom is 0.223 e. The molecule has 1 unspecified atom stereocenters. The predicted molar refractivity (Wildman–Crippen MR) is 77.7 cm³/mol. The SMILES string of the molecule is C#CC1CC(=O)N(CCCCN2CCCCCC2)C1. The molecule has 2 aliphatic heterocycles. The van der Waals surface area contributed by atoms with Crippen LogP contribution in [0.4, 0.5) is 0 Å². The van der Waals surface area contributed by atoms with Crippen molar-refractivity contribution < 1.29 is 4.79 Å². The standard InChI is InChI=1S/C16H26N2O/c1-2-15-13-16(19)18(14-15)12-8-7-11-17-9-5-3-4-6-10-17/h1,15H,3-14H2. The molecule has 1 amide bonds. The molecule has 1 atom stereocenters. The minimum Gasteiger partial charge on any atom is -0.341 e. The van der Waals surface area contributed by atoms with Crippen LogP contribution < -0.4 is 0 Å². The summed E-state index contributed by atoms with van der Waals surface area (Å²) in [5, 5.41) is 0. The number of unbranched alkanes of at least 4 members (excludes halogenated alkanes) is 1. The topological polar surface area (TPSA) is 23.6 Å². The molecule has 3 nitrogen and oxygen atoms in total. The van der Waals surface area contributed by atoms with Crippen LogP contribution in [0.5, 0.6) is 0 Å². The Hall–Kier alpha value is -1.01. The highest BCUT2D eigenvalue weighted by molar-refractivity contribution is 5.79. The zero-order valence-electron chi connectivity index (χ0n) is 11.9. The summed E-state index contributed by atoms with van der Waals surface area (Å²) in [6, 6.07) is 0. The van der Waals surface area contributed by atoms with E-state index in [-0.39, 0.29) is 11.8 Å². The fourth-order valence-electron chi connectivity index (χ4n) is 3.10. The van der Waals surface area contributed by atoms with Crippen molar-refractivity contribution >= 4 is 5.91 Å². The minimum absolute atomic E-state index is 0.151. The van der Waals surface area contributed by atoms with E-state index in [1.807, 2.05) is 4.90 Å². The molecule has 0 spiro atoms. The maximum absolute atomic E-state index is 11.7. The summed E-state index contributed by atoms with van der Waals surface area (Å²) >= 11 is 0. The number of nitrogens with zero attached hydrogens (tertiary/aromatic N) is 2. The fourth-order valence-corrected chi connectivity index (χ4v) is 3.10. The lowest BCUT2D eigenvalue weighted by Gasteiger charge is -2.21. The molecule has 2 rings (SSSR count). The number of terminal acetylenes is 1. The van der Waals surface area contributed by atoms with Crippen molar-refractivity contribution in [2.24, 2.45) is 5.92 Å². The van der Waals surface area contributed by atoms with Crippen LogP contribution in [0, 0.1) is 18.3 Å². The summed E-state index contributed by atoms with van der Waals surface area (Å²) in [5.41, 5.74) is 0. The van der Waals surface area contributed by atoms with Crippen molar-refractivity contribution in [3.8, 4) is 12.3 Å². The van der Waals surface area contributed by atoms with Gasteiger partial charge in [-0.3, -0.25) is 4.79 Å². The summed E-state index contributed by atoms with van der Waals surface area (Å²) in [6.45, 7) is 5.40. The van der Waals surface area contributed by atoms with Gasteiger partial charge in [-0.05, 0) is 45.3 Å². The molecule has 106 valence electrons. The summed E-state index contributed by atoms with van der Waals surface area (Å²) in [4.78, 5) is 16.2. The van der Waals surface area contributed by atoms with E-state index >= 15 is 0 Å². The van der Waals surface area contributed by atoms with E-state index in [4.69, 9.17) is 6.42 Å². The van der Waals surface area contributed by atoms with Crippen molar-refractivity contribution in [2.75, 3.05) is 32.7 Å². The van der Waals surface area contributed by atoms with E-state index in [0.29, 0.717) is 6.42 Å². The average Bonchev–Trinajstić information content (AvgIpc) is 2.63. The van der Waals surface area contributed by atoms with Gasteiger partial charge in [0.1, 0.15) is 0 Å². The van der Waals surface area contributed by atoms with E-state index < -0.39 is 0 Å². The first-order valence-corrected chi connectivity index (χ1v) is 7.76. The van der Waals surface area contributed by atoms with Gasteiger partial charge in [0.15, 0.2) is 0 Å². The smallest absolute Gasteiger partial charge is 0.223 e. The summed E-state index contributed by atoms with van der Waals surface area (Å²) in [5.74, 6) is 3.10. The minimum atomic E-state index is 0.151. The van der Waals surface area contributed by atoms with Gasteiger partial charge < -0.3 is 9.80 Å². The first kappa shape index (κ1) is 14.4. The fraction of sp³-hybridized carbons (Fsp3) is 0.812. The highest BCUT2D eigenvalue weighted by Crippen LogP contribution is 2.17. The van der Waals surface area contributed by atoms with Crippen molar-refractivity contribution in [1.82, 2.24) is 9.80 Å². The molecule has 0 radical (unpaired) electrons. The Morgan fingerprint density at radius 1 is 1.11 bits per heavy atom. The maximum atomic E-state index is 11.7. The molecule has 0 aromatic rings. The largest absolute Gasteiger partial charge is 0.341 e. The van der Waals surface area contributed by atoms with Gasteiger partial charge in [-0.1, -0.05) is 12.8 Å². The highest BCUT2D eigenvalue weighted by Gasteiger charge is 2.27. The third kappa shape index (κ3) is 4.54. The molecule has 0 aromatic carbocycles. The van der Waals surface area contributed by atoms with Gasteiger partial charge in [0.2, 0.25) is 5.91 Å². The zero-order valence-corrected chi connectivity index (χ0v) is 11.9. The van der Waals surface area contributed by atoms with Crippen molar-refractivity contribution in [3.63, 3.8) is 0 Å². The highest BCUT2D eigenvalue weighted by atomic mass is 16.2. The lowest BCUT2D eigenvalue weighted by molar-refractivity contribution is -0.127. The van der Waals surface area contributed by atoms with Crippen LogP contribution in [-0.2, 0) is 4.79 Å². The molecule has 2 aliphatic rings. The van der Waals surface area contributed by atoms with E-state index in [1.165, 1.54) is 51.7 Å². The first-order chi connectivity index (χ1) is 9.29. The van der Waals surface area contributed by atoms with Gasteiger partial charge in [-0.25, -0.2) is 0 Å². The van der Waals surface area contributed by atoms with Crippen LogP contribution in [0.2, 0.25) is 0 Å². The summed E-state index contributed by atoms with van der Waals surface area (Å²) in [7, 11) is 0. The Labute approximate surface area is 117 Å². The van der Waals surface area contributed by atoms with Gasteiger partial charge >= 0.3 is 0 Å². The number of likely N-dealkylation sites (tertiary alicyclic amines) is 2. The van der Waals surface area contributed by atoms with Crippen molar-refractivity contribution in [3.05, 3.63) is 0 Å². The third-order valence-electron chi connectivity index (χ3n) is 4.30. The van der Waals surface area contributed by atoms with Crippen LogP contribution in [-0.4, -0.2) is 48.4 Å². The van der Waals surface area contributed by atoms with Gasteiger partial charge in [0, 0.05) is 25.4 Å². The van der Waals surface area contributed by atoms with Crippen LogP contribution in [0.3, 0.4) is 0 Å². The monoisotopic (exact) mass is 262 g/mol. The average molecular weight is 262 g/mol. The molecule has 0 N–H and O–H groups in total. The number of hydrogen-bond acceptors (Lipinski definition) is 2. The number of rotatable bonds is 5. The van der Waals surface area contributed by atoms with Crippen LogP contribution >= 0.6 is 0 Å². The predicted octanol–water partition coefficient (Wildman–Crippen LogP) is 2.12. The number of carbonyl (C=O) groups excluding carboxylic acids is 1. The van der Waals surface area contributed by atoms with Crippen molar-refractivity contribution in [1.29, 1.82) is 0 Å². The normalized spacial score (nSPS) is 25.3. The zero-order chi connectivity index (χ0) is 13.5. The Kier molecular flexibility index (Phi) is 5.72. The Bertz CT molecular complexity index is 326. The molecule has 19 heavy (non-hydrogen) atoms.